The molecule has 0 fully saturated rings. The van der Waals surface area contributed by atoms with Crippen LogP contribution in [0.3, 0.4) is 0 Å². The molecule has 0 saturated carbocycles. The van der Waals surface area contributed by atoms with Gasteiger partial charge in [0.25, 0.3) is 0 Å². The van der Waals surface area contributed by atoms with Crippen LogP contribution >= 0.6 is 24.8 Å². The number of nitrogens with one attached hydrogen (secondary N) is 2. The molecule has 1 heterocycles. The summed E-state index contributed by atoms with van der Waals surface area (Å²) < 4.78 is 42.3. The van der Waals surface area contributed by atoms with Crippen LogP contribution in [0.1, 0.15) is 5.56 Å². The number of benzene rings is 1. The van der Waals surface area contributed by atoms with Gasteiger partial charge in [0.05, 0.1) is 12.2 Å². The Morgan fingerprint density at radius 1 is 1.15 bits per heavy atom. The number of carbonyl (C=O) groups is 1. The van der Waals surface area contributed by atoms with Gasteiger partial charge < -0.3 is 21.1 Å². The topological polar surface area (TPSA) is 89.3 Å². The number of nitrogens with zero attached hydrogens (tertiary/aromatic N) is 1. The number of rotatable bonds is 6. The molecule has 1 aromatic carbocycles. The maximum Gasteiger partial charge on any atom is 0.417 e. The molecule has 11 heteroatoms. The molecule has 0 radical (unpaired) electrons. The van der Waals surface area contributed by atoms with Gasteiger partial charge in [-0.05, 0) is 36.4 Å². The molecule has 6 nitrogen and oxygen atoms in total. The predicted octanol–water partition coefficient (Wildman–Crippen LogP) is 3.60. The SMILES string of the molecule is COCC(N)C(=O)Nc1ccc(Nc2ccc(C(F)(F)F)cn2)cc1.Cl.Cl. The van der Waals surface area contributed by atoms with E-state index in [2.05, 4.69) is 15.6 Å². The van der Waals surface area contributed by atoms with Gasteiger partial charge in [-0.3, -0.25) is 4.79 Å². The third-order valence-electron chi connectivity index (χ3n) is 3.20. The van der Waals surface area contributed by atoms with Crippen molar-refractivity contribution in [2.24, 2.45) is 5.73 Å². The maximum atomic E-state index is 12.5. The number of pyridine rings is 1. The van der Waals surface area contributed by atoms with E-state index < -0.39 is 17.8 Å². The van der Waals surface area contributed by atoms with Crippen molar-refractivity contribution in [1.82, 2.24) is 4.98 Å². The quantitative estimate of drug-likeness (QED) is 0.656. The second-order valence-corrected chi connectivity index (χ2v) is 5.18. The van der Waals surface area contributed by atoms with Crippen LogP contribution in [-0.2, 0) is 15.7 Å². The lowest BCUT2D eigenvalue weighted by Crippen LogP contribution is -2.39. The average Bonchev–Trinajstić information content (AvgIpc) is 2.56. The Labute approximate surface area is 166 Å². The standard InChI is InChI=1S/C16H17F3N4O2.2ClH/c1-25-9-13(20)15(24)23-12-5-3-11(4-6-12)22-14-7-2-10(8-21-14)16(17,18)19;;/h2-8,13H,9,20H2,1H3,(H,21,22)(H,23,24);2*1H. The van der Waals surface area contributed by atoms with Crippen molar-refractivity contribution in [3.8, 4) is 0 Å². The number of amides is 1. The smallest absolute Gasteiger partial charge is 0.383 e. The third kappa shape index (κ3) is 7.59. The molecule has 1 atom stereocenters. The molecule has 1 unspecified atom stereocenters. The lowest BCUT2D eigenvalue weighted by Gasteiger charge is -2.12. The molecular weight excluding hydrogens is 408 g/mol. The second kappa shape index (κ2) is 10.9. The molecule has 0 bridgehead atoms. The van der Waals surface area contributed by atoms with Gasteiger partial charge in [0.15, 0.2) is 0 Å². The van der Waals surface area contributed by atoms with E-state index in [1.54, 1.807) is 24.3 Å². The van der Waals surface area contributed by atoms with Crippen LogP contribution in [0, 0.1) is 0 Å². The number of hydrogen-bond acceptors (Lipinski definition) is 5. The highest BCUT2D eigenvalue weighted by molar-refractivity contribution is 5.94. The highest BCUT2D eigenvalue weighted by atomic mass is 35.5. The van der Waals surface area contributed by atoms with E-state index in [1.807, 2.05) is 0 Å². The molecular formula is C16H19Cl2F3N4O2. The van der Waals surface area contributed by atoms with Gasteiger partial charge in [-0.1, -0.05) is 0 Å². The van der Waals surface area contributed by atoms with Crippen LogP contribution in [0.4, 0.5) is 30.4 Å². The zero-order chi connectivity index (χ0) is 18.4. The van der Waals surface area contributed by atoms with Crippen LogP contribution < -0.4 is 16.4 Å². The van der Waals surface area contributed by atoms with Crippen LogP contribution in [0.15, 0.2) is 42.6 Å². The fourth-order valence-corrected chi connectivity index (χ4v) is 1.91. The Hall–Kier alpha value is -2.07. The van der Waals surface area contributed by atoms with Crippen LogP contribution in [0.25, 0.3) is 0 Å². The van der Waals surface area contributed by atoms with Crippen LogP contribution in [0.2, 0.25) is 0 Å². The lowest BCUT2D eigenvalue weighted by molar-refractivity contribution is -0.137. The second-order valence-electron chi connectivity index (χ2n) is 5.18. The van der Waals surface area contributed by atoms with Crippen molar-refractivity contribution < 1.29 is 22.7 Å². The van der Waals surface area contributed by atoms with Gasteiger partial charge in [0.1, 0.15) is 11.9 Å². The Balaban J connectivity index is 0.00000338. The number of aromatic nitrogens is 1. The van der Waals surface area contributed by atoms with Crippen LogP contribution in [0.5, 0.6) is 0 Å². The third-order valence-corrected chi connectivity index (χ3v) is 3.20. The molecule has 0 spiro atoms. The summed E-state index contributed by atoms with van der Waals surface area (Å²) in [6.45, 7) is 0.102. The molecule has 2 rings (SSSR count). The van der Waals surface area contributed by atoms with E-state index in [4.69, 9.17) is 10.5 Å². The van der Waals surface area contributed by atoms with Gasteiger partial charge >= 0.3 is 6.18 Å². The average molecular weight is 427 g/mol. The van der Waals surface area contributed by atoms with Gasteiger partial charge in [-0.25, -0.2) is 4.98 Å². The summed E-state index contributed by atoms with van der Waals surface area (Å²) in [5.74, 6) is -0.112. The van der Waals surface area contributed by atoms with Crippen molar-refractivity contribution in [2.75, 3.05) is 24.4 Å². The molecule has 0 aliphatic rings. The molecule has 4 N–H and O–H groups in total. The van der Waals surface area contributed by atoms with Crippen molar-refractivity contribution in [3.05, 3.63) is 48.2 Å². The Kier molecular flexibility index (Phi) is 10.1. The summed E-state index contributed by atoms with van der Waals surface area (Å²) >= 11 is 0. The van der Waals surface area contributed by atoms with Gasteiger partial charge in [0, 0.05) is 24.7 Å². The summed E-state index contributed by atoms with van der Waals surface area (Å²) in [5, 5.41) is 5.50. The first-order chi connectivity index (χ1) is 11.8. The van der Waals surface area contributed by atoms with Gasteiger partial charge in [0.2, 0.25) is 5.91 Å². The van der Waals surface area contributed by atoms with E-state index in [1.165, 1.54) is 13.2 Å². The van der Waals surface area contributed by atoms with E-state index >= 15 is 0 Å². The van der Waals surface area contributed by atoms with Gasteiger partial charge in [-0.2, -0.15) is 13.2 Å². The van der Waals surface area contributed by atoms with Crippen molar-refractivity contribution in [2.45, 2.75) is 12.2 Å². The molecule has 0 aliphatic heterocycles. The summed E-state index contributed by atoms with van der Waals surface area (Å²) in [6, 6.07) is 7.96. The van der Waals surface area contributed by atoms with E-state index in [0.29, 0.717) is 11.4 Å². The Morgan fingerprint density at radius 3 is 2.22 bits per heavy atom. The molecule has 27 heavy (non-hydrogen) atoms. The zero-order valence-electron chi connectivity index (χ0n) is 14.1. The number of ether oxygens (including phenoxy) is 1. The minimum Gasteiger partial charge on any atom is -0.383 e. The maximum absolute atomic E-state index is 12.5. The van der Waals surface area contributed by atoms with Crippen molar-refractivity contribution in [1.29, 1.82) is 0 Å². The number of halogens is 5. The number of methoxy groups -OCH3 is 1. The zero-order valence-corrected chi connectivity index (χ0v) is 15.8. The van der Waals surface area contributed by atoms with Crippen LogP contribution in [-0.4, -0.2) is 30.6 Å². The minimum atomic E-state index is -4.42. The summed E-state index contributed by atoms with van der Waals surface area (Å²) in [5.41, 5.74) is 5.93. The summed E-state index contributed by atoms with van der Waals surface area (Å²) in [7, 11) is 1.45. The first-order valence-corrected chi connectivity index (χ1v) is 7.25. The van der Waals surface area contributed by atoms with Gasteiger partial charge in [-0.15, -0.1) is 24.8 Å². The Morgan fingerprint density at radius 2 is 1.74 bits per heavy atom. The highest BCUT2D eigenvalue weighted by Crippen LogP contribution is 2.29. The number of nitrogens with two attached hydrogens (primary N) is 1. The molecule has 150 valence electrons. The first-order valence-electron chi connectivity index (χ1n) is 7.25. The first kappa shape index (κ1) is 24.9. The fraction of sp³-hybridized carbons (Fsp3) is 0.250. The largest absolute Gasteiger partial charge is 0.417 e. The molecule has 2 aromatic rings. The monoisotopic (exact) mass is 426 g/mol. The normalized spacial score (nSPS) is 11.6. The molecule has 0 saturated heterocycles. The summed E-state index contributed by atoms with van der Waals surface area (Å²) in [4.78, 5) is 15.5. The minimum absolute atomic E-state index is 0. The highest BCUT2D eigenvalue weighted by Gasteiger charge is 2.30. The van der Waals surface area contributed by atoms with Crippen molar-refractivity contribution in [3.63, 3.8) is 0 Å². The fourth-order valence-electron chi connectivity index (χ4n) is 1.91. The lowest BCUT2D eigenvalue weighted by atomic mass is 10.2. The molecule has 1 aromatic heterocycles. The van der Waals surface area contributed by atoms with E-state index in [9.17, 15) is 18.0 Å². The number of carbonyl (C=O) groups excluding carboxylic acids is 1. The number of anilines is 3. The number of hydrogen-bond donors (Lipinski definition) is 3. The predicted molar refractivity (Wildman–Crippen MR) is 102 cm³/mol. The van der Waals surface area contributed by atoms with E-state index in [-0.39, 0.29) is 43.1 Å². The molecule has 1 amide bonds. The van der Waals surface area contributed by atoms with E-state index in [0.717, 1.165) is 12.3 Å². The summed E-state index contributed by atoms with van der Waals surface area (Å²) in [6.07, 6.45) is -3.66. The molecule has 0 aliphatic carbocycles. The number of alkyl halides is 3. The Bertz CT molecular complexity index is 713. The van der Waals surface area contributed by atoms with Crippen molar-refractivity contribution >= 4 is 47.9 Å².